The molecule has 1 heterocycles. The van der Waals surface area contributed by atoms with E-state index in [9.17, 15) is 13.2 Å². The van der Waals surface area contributed by atoms with Gasteiger partial charge >= 0.3 is 0 Å². The smallest absolute Gasteiger partial charge is 0.240 e. The summed E-state index contributed by atoms with van der Waals surface area (Å²) in [7, 11) is -3.67. The lowest BCUT2D eigenvalue weighted by Gasteiger charge is -2.09. The first-order chi connectivity index (χ1) is 13.9. The van der Waals surface area contributed by atoms with Crippen molar-refractivity contribution in [2.24, 2.45) is 0 Å². The van der Waals surface area contributed by atoms with Gasteiger partial charge in [0.05, 0.1) is 30.7 Å². The van der Waals surface area contributed by atoms with Gasteiger partial charge in [0, 0.05) is 5.69 Å². The molecule has 7 nitrogen and oxygen atoms in total. The summed E-state index contributed by atoms with van der Waals surface area (Å²) in [6.45, 7) is 2.28. The fourth-order valence-electron chi connectivity index (χ4n) is 2.57. The molecule has 2 N–H and O–H groups in total. The predicted octanol–water partition coefficient (Wildman–Crippen LogP) is 3.47. The minimum absolute atomic E-state index is 0.0642. The van der Waals surface area contributed by atoms with Crippen LogP contribution in [-0.4, -0.2) is 20.9 Å². The van der Waals surface area contributed by atoms with Gasteiger partial charge in [-0.25, -0.2) is 13.1 Å². The van der Waals surface area contributed by atoms with Gasteiger partial charge in [0.2, 0.25) is 15.9 Å². The lowest BCUT2D eigenvalue weighted by Crippen LogP contribution is -2.23. The van der Waals surface area contributed by atoms with Crippen molar-refractivity contribution in [2.75, 3.05) is 11.9 Å². The zero-order chi connectivity index (χ0) is 20.7. The Bertz CT molecular complexity index is 1040. The van der Waals surface area contributed by atoms with Crippen molar-refractivity contribution in [3.05, 3.63) is 78.3 Å². The van der Waals surface area contributed by atoms with Crippen LogP contribution in [0.2, 0.25) is 0 Å². The third-order valence-corrected chi connectivity index (χ3v) is 5.47. The summed E-state index contributed by atoms with van der Waals surface area (Å²) in [5.41, 5.74) is 1.59. The zero-order valence-electron chi connectivity index (χ0n) is 15.9. The van der Waals surface area contributed by atoms with Crippen LogP contribution in [-0.2, 0) is 21.4 Å². The highest BCUT2D eigenvalue weighted by atomic mass is 32.2. The lowest BCUT2D eigenvalue weighted by atomic mass is 10.2. The number of carbonyl (C=O) groups excluding carboxylic acids is 1. The molecule has 8 heteroatoms. The van der Waals surface area contributed by atoms with E-state index in [1.165, 1.54) is 18.4 Å². The Balaban J connectivity index is 1.48. The van der Waals surface area contributed by atoms with E-state index in [0.717, 1.165) is 11.3 Å². The Morgan fingerprint density at radius 2 is 1.86 bits per heavy atom. The number of carbonyl (C=O) groups is 1. The SMILES string of the molecule is Cc1cccc(OCCC(=O)Nc2ccc(S(=O)(=O)NCc3ccco3)cc2)c1. The van der Waals surface area contributed by atoms with Crippen LogP contribution < -0.4 is 14.8 Å². The quantitative estimate of drug-likeness (QED) is 0.559. The largest absolute Gasteiger partial charge is 0.493 e. The number of hydrogen-bond donors (Lipinski definition) is 2. The van der Waals surface area contributed by atoms with Gasteiger partial charge in [-0.15, -0.1) is 0 Å². The third kappa shape index (κ3) is 6.20. The molecule has 1 amide bonds. The minimum atomic E-state index is -3.67. The topological polar surface area (TPSA) is 97.6 Å². The number of benzene rings is 2. The van der Waals surface area contributed by atoms with Crippen molar-refractivity contribution in [3.8, 4) is 5.75 Å². The molecule has 0 aliphatic heterocycles. The second-order valence-electron chi connectivity index (χ2n) is 6.39. The van der Waals surface area contributed by atoms with E-state index in [-0.39, 0.29) is 30.4 Å². The van der Waals surface area contributed by atoms with Gasteiger partial charge in [0.1, 0.15) is 11.5 Å². The minimum Gasteiger partial charge on any atom is -0.493 e. The fraction of sp³-hybridized carbons (Fsp3) is 0.190. The summed E-state index contributed by atoms with van der Waals surface area (Å²) >= 11 is 0. The molecule has 0 saturated carbocycles. The summed E-state index contributed by atoms with van der Waals surface area (Å²) < 4.78 is 37.7. The van der Waals surface area contributed by atoms with Gasteiger partial charge in [-0.3, -0.25) is 4.79 Å². The third-order valence-electron chi connectivity index (χ3n) is 4.05. The zero-order valence-corrected chi connectivity index (χ0v) is 16.7. The fourth-order valence-corrected chi connectivity index (χ4v) is 3.56. The maximum absolute atomic E-state index is 12.3. The van der Waals surface area contributed by atoms with Gasteiger partial charge < -0.3 is 14.5 Å². The van der Waals surface area contributed by atoms with Crippen LogP contribution in [0.1, 0.15) is 17.7 Å². The Morgan fingerprint density at radius 1 is 1.07 bits per heavy atom. The molecule has 0 radical (unpaired) electrons. The summed E-state index contributed by atoms with van der Waals surface area (Å²) in [5, 5.41) is 2.72. The van der Waals surface area contributed by atoms with E-state index in [1.807, 2.05) is 31.2 Å². The van der Waals surface area contributed by atoms with E-state index < -0.39 is 10.0 Å². The Labute approximate surface area is 169 Å². The second-order valence-corrected chi connectivity index (χ2v) is 8.16. The van der Waals surface area contributed by atoms with Crippen LogP contribution in [0.3, 0.4) is 0 Å². The number of amides is 1. The van der Waals surface area contributed by atoms with Crippen LogP contribution in [0.15, 0.2) is 76.2 Å². The summed E-state index contributed by atoms with van der Waals surface area (Å²) in [6.07, 6.45) is 1.66. The molecule has 0 aliphatic rings. The number of sulfonamides is 1. The summed E-state index contributed by atoms with van der Waals surface area (Å²) in [6, 6.07) is 16.9. The van der Waals surface area contributed by atoms with E-state index in [0.29, 0.717) is 11.4 Å². The van der Waals surface area contributed by atoms with Gasteiger partial charge in [-0.1, -0.05) is 12.1 Å². The number of ether oxygens (including phenoxy) is 1. The van der Waals surface area contributed by atoms with E-state index >= 15 is 0 Å². The maximum Gasteiger partial charge on any atom is 0.240 e. The molecule has 0 atom stereocenters. The first-order valence-corrected chi connectivity index (χ1v) is 10.5. The highest BCUT2D eigenvalue weighted by Gasteiger charge is 2.14. The average molecular weight is 414 g/mol. The molecule has 29 heavy (non-hydrogen) atoms. The van der Waals surface area contributed by atoms with Crippen molar-refractivity contribution >= 4 is 21.6 Å². The molecule has 152 valence electrons. The van der Waals surface area contributed by atoms with Crippen molar-refractivity contribution in [3.63, 3.8) is 0 Å². The molecular formula is C21H22N2O5S. The number of aryl methyl sites for hydroxylation is 1. The highest BCUT2D eigenvalue weighted by Crippen LogP contribution is 2.16. The molecule has 1 aromatic heterocycles. The monoisotopic (exact) mass is 414 g/mol. The average Bonchev–Trinajstić information content (AvgIpc) is 3.21. The molecule has 3 rings (SSSR count). The Kier molecular flexibility index (Phi) is 6.69. The molecule has 2 aromatic carbocycles. The Morgan fingerprint density at radius 3 is 2.55 bits per heavy atom. The molecule has 0 bridgehead atoms. The molecule has 0 aliphatic carbocycles. The van der Waals surface area contributed by atoms with Crippen molar-refractivity contribution in [1.82, 2.24) is 4.72 Å². The van der Waals surface area contributed by atoms with Crippen molar-refractivity contribution in [2.45, 2.75) is 24.8 Å². The van der Waals surface area contributed by atoms with E-state index in [2.05, 4.69) is 10.0 Å². The summed E-state index contributed by atoms with van der Waals surface area (Å²) in [4.78, 5) is 12.2. The normalized spacial score (nSPS) is 11.2. The summed E-state index contributed by atoms with van der Waals surface area (Å²) in [5.74, 6) is 1.02. The maximum atomic E-state index is 12.3. The van der Waals surface area contributed by atoms with Crippen LogP contribution >= 0.6 is 0 Å². The van der Waals surface area contributed by atoms with Gasteiger partial charge in [-0.2, -0.15) is 0 Å². The highest BCUT2D eigenvalue weighted by molar-refractivity contribution is 7.89. The number of anilines is 1. The standard InChI is InChI=1S/C21H22N2O5S/c1-16-4-2-5-18(14-16)28-13-11-21(24)23-17-7-9-20(10-8-17)29(25,26)22-15-19-6-3-12-27-19/h2-10,12,14,22H,11,13,15H2,1H3,(H,23,24). The van der Waals surface area contributed by atoms with Crippen LogP contribution in [0.25, 0.3) is 0 Å². The number of furan rings is 1. The van der Waals surface area contributed by atoms with Crippen LogP contribution in [0.5, 0.6) is 5.75 Å². The van der Waals surface area contributed by atoms with Crippen molar-refractivity contribution < 1.29 is 22.4 Å². The van der Waals surface area contributed by atoms with Gasteiger partial charge in [0.25, 0.3) is 0 Å². The van der Waals surface area contributed by atoms with E-state index in [4.69, 9.17) is 9.15 Å². The van der Waals surface area contributed by atoms with Gasteiger partial charge in [0.15, 0.2) is 0 Å². The lowest BCUT2D eigenvalue weighted by molar-refractivity contribution is -0.116. The molecule has 0 unspecified atom stereocenters. The first kappa shape index (κ1) is 20.6. The molecule has 0 saturated heterocycles. The van der Waals surface area contributed by atoms with E-state index in [1.54, 1.807) is 24.3 Å². The molecule has 0 spiro atoms. The number of nitrogens with one attached hydrogen (secondary N) is 2. The second kappa shape index (κ2) is 9.40. The molecule has 0 fully saturated rings. The first-order valence-electron chi connectivity index (χ1n) is 9.04. The van der Waals surface area contributed by atoms with Crippen molar-refractivity contribution in [1.29, 1.82) is 0 Å². The van der Waals surface area contributed by atoms with Gasteiger partial charge in [-0.05, 0) is 61.0 Å². The number of hydrogen-bond acceptors (Lipinski definition) is 5. The Hall–Kier alpha value is -3.10. The predicted molar refractivity (Wildman–Crippen MR) is 109 cm³/mol. The molecule has 3 aromatic rings. The number of rotatable bonds is 9. The van der Waals surface area contributed by atoms with Crippen LogP contribution in [0, 0.1) is 6.92 Å². The molecular weight excluding hydrogens is 392 g/mol. The van der Waals surface area contributed by atoms with Crippen LogP contribution in [0.4, 0.5) is 5.69 Å².